The van der Waals surface area contributed by atoms with Gasteiger partial charge >= 0.3 is 6.03 Å². The van der Waals surface area contributed by atoms with Crippen molar-refractivity contribution in [1.29, 1.82) is 0 Å². The van der Waals surface area contributed by atoms with Crippen LogP contribution in [0, 0.1) is 0 Å². The number of piperidine rings is 1. The second-order valence-electron chi connectivity index (χ2n) is 7.20. The molecule has 0 unspecified atom stereocenters. The van der Waals surface area contributed by atoms with Gasteiger partial charge in [0.1, 0.15) is 23.5 Å². The van der Waals surface area contributed by atoms with Crippen molar-refractivity contribution < 1.29 is 9.53 Å². The van der Waals surface area contributed by atoms with Gasteiger partial charge in [0, 0.05) is 31.9 Å². The number of amides is 2. The molecule has 1 aliphatic rings. The van der Waals surface area contributed by atoms with E-state index in [9.17, 15) is 4.79 Å². The third kappa shape index (κ3) is 4.59. The lowest BCUT2D eigenvalue weighted by molar-refractivity contribution is 0.234. The third-order valence-corrected chi connectivity index (χ3v) is 5.32. The molecule has 3 N–H and O–H groups in total. The number of aromatic nitrogens is 3. The van der Waals surface area contributed by atoms with Crippen molar-refractivity contribution in [2.24, 2.45) is 0 Å². The summed E-state index contributed by atoms with van der Waals surface area (Å²) in [5.41, 5.74) is 2.02. The molecule has 4 rings (SSSR count). The highest BCUT2D eigenvalue weighted by Crippen LogP contribution is 2.24. The number of nitrogens with zero attached hydrogens (tertiary/aromatic N) is 3. The van der Waals surface area contributed by atoms with Gasteiger partial charge in [-0.05, 0) is 43.0 Å². The summed E-state index contributed by atoms with van der Waals surface area (Å²) in [5, 5.41) is 7.08. The van der Waals surface area contributed by atoms with Gasteiger partial charge < -0.3 is 25.3 Å². The molecule has 3 heterocycles. The highest BCUT2D eigenvalue weighted by Gasteiger charge is 2.23. The zero-order chi connectivity index (χ0) is 20.1. The van der Waals surface area contributed by atoms with Gasteiger partial charge in [0.25, 0.3) is 0 Å². The first-order valence-electron chi connectivity index (χ1n) is 9.93. The van der Waals surface area contributed by atoms with Gasteiger partial charge in [-0.3, -0.25) is 0 Å². The Morgan fingerprint density at radius 1 is 1.21 bits per heavy atom. The minimum Gasteiger partial charge on any atom is -0.497 e. The predicted molar refractivity (Wildman–Crippen MR) is 112 cm³/mol. The maximum absolute atomic E-state index is 12.2. The summed E-state index contributed by atoms with van der Waals surface area (Å²) in [5.74, 6) is 1.80. The first-order chi connectivity index (χ1) is 14.2. The number of hydrogen-bond acceptors (Lipinski definition) is 5. The summed E-state index contributed by atoms with van der Waals surface area (Å²) in [7, 11) is 1.65. The zero-order valence-corrected chi connectivity index (χ0v) is 16.5. The van der Waals surface area contributed by atoms with Gasteiger partial charge in [0.05, 0.1) is 12.5 Å². The number of H-pyrrole nitrogens is 1. The monoisotopic (exact) mass is 394 g/mol. The molecule has 8 nitrogen and oxygen atoms in total. The Hall–Kier alpha value is -3.29. The van der Waals surface area contributed by atoms with Gasteiger partial charge in [-0.15, -0.1) is 0 Å². The quantitative estimate of drug-likeness (QED) is 0.597. The highest BCUT2D eigenvalue weighted by molar-refractivity contribution is 5.87. The number of urea groups is 1. The Morgan fingerprint density at radius 3 is 2.76 bits per heavy atom. The minimum atomic E-state index is -0.105. The van der Waals surface area contributed by atoms with Crippen LogP contribution in [-0.4, -0.2) is 53.8 Å². The standard InChI is InChI=1S/C21H26N6O2/c1-29-17-4-2-15(3-5-17)6-10-23-21(28)26-16-8-12-27(13-9-16)20-18-7-11-22-19(18)24-14-25-20/h2-5,7,11,14,16H,6,8-10,12-13H2,1H3,(H,22,24,25)(H2,23,26,28). The Labute approximate surface area is 169 Å². The molecule has 3 aromatic rings. The largest absolute Gasteiger partial charge is 0.497 e. The summed E-state index contributed by atoms with van der Waals surface area (Å²) in [6.07, 6.45) is 6.04. The minimum absolute atomic E-state index is 0.105. The molecule has 0 bridgehead atoms. The molecule has 1 saturated heterocycles. The molecular weight excluding hydrogens is 368 g/mol. The predicted octanol–water partition coefficient (Wildman–Crippen LogP) is 2.48. The van der Waals surface area contributed by atoms with E-state index >= 15 is 0 Å². The van der Waals surface area contributed by atoms with E-state index in [1.165, 1.54) is 5.56 Å². The summed E-state index contributed by atoms with van der Waals surface area (Å²) in [6.45, 7) is 2.31. The Bertz CT molecular complexity index is 947. The Balaban J connectivity index is 1.21. The number of fused-ring (bicyclic) bond motifs is 1. The lowest BCUT2D eigenvalue weighted by Crippen LogP contribution is -2.48. The van der Waals surface area contributed by atoms with Crippen LogP contribution in [0.1, 0.15) is 18.4 Å². The number of methoxy groups -OCH3 is 1. The zero-order valence-electron chi connectivity index (χ0n) is 16.5. The van der Waals surface area contributed by atoms with Gasteiger partial charge in [-0.2, -0.15) is 0 Å². The van der Waals surface area contributed by atoms with Crippen LogP contribution in [0.25, 0.3) is 11.0 Å². The van der Waals surface area contributed by atoms with E-state index in [4.69, 9.17) is 4.74 Å². The normalized spacial score (nSPS) is 14.7. The van der Waals surface area contributed by atoms with Crippen molar-refractivity contribution in [2.45, 2.75) is 25.3 Å². The maximum Gasteiger partial charge on any atom is 0.315 e. The molecule has 0 aliphatic carbocycles. The van der Waals surface area contributed by atoms with Crippen molar-refractivity contribution in [3.8, 4) is 5.75 Å². The molecule has 0 radical (unpaired) electrons. The number of aromatic amines is 1. The number of carbonyl (C=O) groups is 1. The van der Waals surface area contributed by atoms with Crippen molar-refractivity contribution in [2.75, 3.05) is 31.6 Å². The van der Waals surface area contributed by atoms with Gasteiger partial charge in [-0.1, -0.05) is 12.1 Å². The van der Waals surface area contributed by atoms with Crippen LogP contribution in [0.5, 0.6) is 5.75 Å². The Kier molecular flexibility index (Phi) is 5.79. The fourth-order valence-corrected chi connectivity index (χ4v) is 3.70. The van der Waals surface area contributed by atoms with Crippen molar-refractivity contribution in [3.05, 3.63) is 48.4 Å². The van der Waals surface area contributed by atoms with E-state index in [-0.39, 0.29) is 12.1 Å². The second-order valence-corrected chi connectivity index (χ2v) is 7.20. The summed E-state index contributed by atoms with van der Waals surface area (Å²) in [6, 6.07) is 9.98. The first kappa shape index (κ1) is 19.0. The number of nitrogens with one attached hydrogen (secondary N) is 3. The molecule has 1 aromatic carbocycles. The first-order valence-corrected chi connectivity index (χ1v) is 9.93. The maximum atomic E-state index is 12.2. The average Bonchev–Trinajstić information content (AvgIpc) is 3.24. The van der Waals surface area contributed by atoms with E-state index < -0.39 is 0 Å². The molecule has 1 fully saturated rings. The number of rotatable bonds is 6. The molecular formula is C21H26N6O2. The highest BCUT2D eigenvalue weighted by atomic mass is 16.5. The SMILES string of the molecule is COc1ccc(CCNC(=O)NC2CCN(c3ncnc4[nH]ccc34)CC2)cc1. The smallest absolute Gasteiger partial charge is 0.315 e. The number of hydrogen-bond donors (Lipinski definition) is 3. The number of benzene rings is 1. The molecule has 0 spiro atoms. The lowest BCUT2D eigenvalue weighted by Gasteiger charge is -2.33. The van der Waals surface area contributed by atoms with Crippen LogP contribution in [0.4, 0.5) is 10.6 Å². The van der Waals surface area contributed by atoms with Crippen molar-refractivity contribution in [1.82, 2.24) is 25.6 Å². The van der Waals surface area contributed by atoms with Crippen molar-refractivity contribution in [3.63, 3.8) is 0 Å². The fourth-order valence-electron chi connectivity index (χ4n) is 3.70. The topological polar surface area (TPSA) is 95.2 Å². The molecule has 29 heavy (non-hydrogen) atoms. The molecule has 0 saturated carbocycles. The average molecular weight is 394 g/mol. The molecule has 0 atom stereocenters. The fraction of sp³-hybridized carbons (Fsp3) is 0.381. The van der Waals surface area contributed by atoms with Crippen LogP contribution in [0.2, 0.25) is 0 Å². The van der Waals surface area contributed by atoms with Crippen molar-refractivity contribution >= 4 is 22.9 Å². The van der Waals surface area contributed by atoms with E-state index in [1.54, 1.807) is 13.4 Å². The lowest BCUT2D eigenvalue weighted by atomic mass is 10.0. The number of ether oxygens (including phenoxy) is 1. The van der Waals surface area contributed by atoms with Gasteiger partial charge in [-0.25, -0.2) is 14.8 Å². The molecule has 8 heteroatoms. The summed E-state index contributed by atoms with van der Waals surface area (Å²) >= 11 is 0. The van der Waals surface area contributed by atoms with Crippen LogP contribution in [-0.2, 0) is 6.42 Å². The third-order valence-electron chi connectivity index (χ3n) is 5.32. The summed E-state index contributed by atoms with van der Waals surface area (Å²) < 4.78 is 5.16. The van der Waals surface area contributed by atoms with E-state index in [2.05, 4.69) is 30.5 Å². The van der Waals surface area contributed by atoms with Gasteiger partial charge in [0.15, 0.2) is 0 Å². The van der Waals surface area contributed by atoms with E-state index in [0.717, 1.165) is 55.0 Å². The van der Waals surface area contributed by atoms with E-state index in [0.29, 0.717) is 6.54 Å². The number of anilines is 1. The second kappa shape index (κ2) is 8.81. The number of carbonyl (C=O) groups excluding carboxylic acids is 1. The molecule has 2 aromatic heterocycles. The van der Waals surface area contributed by atoms with Crippen LogP contribution >= 0.6 is 0 Å². The molecule has 2 amide bonds. The Morgan fingerprint density at radius 2 is 2.00 bits per heavy atom. The van der Waals surface area contributed by atoms with Crippen LogP contribution in [0.3, 0.4) is 0 Å². The van der Waals surface area contributed by atoms with Crippen LogP contribution in [0.15, 0.2) is 42.9 Å². The molecule has 1 aliphatic heterocycles. The summed E-state index contributed by atoms with van der Waals surface area (Å²) in [4.78, 5) is 26.3. The molecule has 152 valence electrons. The van der Waals surface area contributed by atoms with E-state index in [1.807, 2.05) is 36.5 Å². The van der Waals surface area contributed by atoms with Crippen LogP contribution < -0.4 is 20.3 Å². The van der Waals surface area contributed by atoms with Gasteiger partial charge in [0.2, 0.25) is 0 Å².